The molecule has 0 aliphatic carbocycles. The van der Waals surface area contributed by atoms with E-state index in [-0.39, 0.29) is 12.7 Å². The number of methoxy groups -OCH3 is 1. The summed E-state index contributed by atoms with van der Waals surface area (Å²) in [5.74, 6) is 0.706. The number of ether oxygens (including phenoxy) is 2. The minimum absolute atomic E-state index is 0.185. The van der Waals surface area contributed by atoms with Gasteiger partial charge in [0.15, 0.2) is 0 Å². The van der Waals surface area contributed by atoms with Gasteiger partial charge in [0.05, 0.1) is 25.4 Å². The van der Waals surface area contributed by atoms with Crippen molar-refractivity contribution in [3.05, 3.63) is 5.57 Å². The lowest BCUT2D eigenvalue weighted by Gasteiger charge is -2.09. The molecule has 0 aromatic heterocycles. The van der Waals surface area contributed by atoms with Crippen LogP contribution in [0.2, 0.25) is 0 Å². The van der Waals surface area contributed by atoms with E-state index in [4.69, 9.17) is 4.74 Å². The van der Waals surface area contributed by atoms with E-state index in [0.29, 0.717) is 5.57 Å². The monoisotopic (exact) mass is 170 g/mol. The van der Waals surface area contributed by atoms with E-state index < -0.39 is 11.9 Å². The van der Waals surface area contributed by atoms with Crippen LogP contribution >= 0.6 is 0 Å². The molecule has 0 N–H and O–H groups in total. The van der Waals surface area contributed by atoms with Crippen LogP contribution in [-0.4, -0.2) is 31.7 Å². The molecule has 1 rings (SSSR count). The van der Waals surface area contributed by atoms with E-state index in [1.165, 1.54) is 7.11 Å². The Balaban J connectivity index is 2.84. The summed E-state index contributed by atoms with van der Waals surface area (Å²) >= 11 is 0. The molecule has 2 atom stereocenters. The molecule has 0 spiro atoms. The number of esters is 1. The fourth-order valence-corrected chi connectivity index (χ4v) is 1.24. The maximum Gasteiger partial charge on any atom is 0.316 e. The molecule has 1 saturated heterocycles. The average molecular weight is 170 g/mol. The summed E-state index contributed by atoms with van der Waals surface area (Å²) in [6.07, 6.45) is -0.283. The van der Waals surface area contributed by atoms with Gasteiger partial charge in [0.2, 0.25) is 0 Å². The van der Waals surface area contributed by atoms with Gasteiger partial charge >= 0.3 is 5.97 Å². The smallest absolute Gasteiger partial charge is 0.316 e. The Kier molecular flexibility index (Phi) is 2.63. The third-order valence-corrected chi connectivity index (χ3v) is 1.93. The maximum atomic E-state index is 11.1. The van der Waals surface area contributed by atoms with Crippen molar-refractivity contribution in [3.8, 4) is 0 Å². The van der Waals surface area contributed by atoms with Crippen LogP contribution in [0.25, 0.3) is 0 Å². The Morgan fingerprint density at radius 2 is 2.42 bits per heavy atom. The fourth-order valence-electron chi connectivity index (χ4n) is 1.24. The summed E-state index contributed by atoms with van der Waals surface area (Å²) in [6, 6.07) is 0. The van der Waals surface area contributed by atoms with Gasteiger partial charge in [-0.2, -0.15) is 0 Å². The van der Waals surface area contributed by atoms with Crippen molar-refractivity contribution in [2.24, 2.45) is 5.92 Å². The number of hydrogen-bond donors (Lipinski definition) is 0. The molecule has 0 radical (unpaired) electrons. The fraction of sp³-hybridized carbons (Fsp3) is 0.625. The Morgan fingerprint density at radius 1 is 1.75 bits per heavy atom. The first-order valence-corrected chi connectivity index (χ1v) is 3.64. The molecule has 1 fully saturated rings. The molecule has 66 valence electrons. The molecular weight excluding hydrogens is 160 g/mol. The zero-order chi connectivity index (χ0) is 9.14. The van der Waals surface area contributed by atoms with Crippen molar-refractivity contribution >= 4 is 11.9 Å². The average Bonchev–Trinajstić information content (AvgIpc) is 2.45. The van der Waals surface area contributed by atoms with Crippen molar-refractivity contribution in [2.75, 3.05) is 13.7 Å². The second-order valence-electron chi connectivity index (χ2n) is 2.64. The standard InChI is InChI=1S/C8H10O4/c1-5-7(8(10)11-2)6(3-9)4-12-5/h5,7H,4H2,1-2H3. The van der Waals surface area contributed by atoms with Crippen molar-refractivity contribution in [3.63, 3.8) is 0 Å². The lowest BCUT2D eigenvalue weighted by Crippen LogP contribution is -2.24. The molecule has 1 aliphatic rings. The summed E-state index contributed by atoms with van der Waals surface area (Å²) < 4.78 is 9.61. The van der Waals surface area contributed by atoms with Crippen LogP contribution < -0.4 is 0 Å². The van der Waals surface area contributed by atoms with Crippen molar-refractivity contribution in [1.29, 1.82) is 0 Å². The van der Waals surface area contributed by atoms with Crippen molar-refractivity contribution in [1.82, 2.24) is 0 Å². The van der Waals surface area contributed by atoms with E-state index in [1.54, 1.807) is 12.9 Å². The maximum absolute atomic E-state index is 11.1. The topological polar surface area (TPSA) is 52.6 Å². The van der Waals surface area contributed by atoms with Crippen molar-refractivity contribution in [2.45, 2.75) is 13.0 Å². The minimum Gasteiger partial charge on any atom is -0.468 e. The van der Waals surface area contributed by atoms with Gasteiger partial charge in [0.1, 0.15) is 11.9 Å². The van der Waals surface area contributed by atoms with Gasteiger partial charge in [-0.15, -0.1) is 0 Å². The summed E-state index contributed by atoms with van der Waals surface area (Å²) in [5, 5.41) is 0. The first-order chi connectivity index (χ1) is 5.70. The van der Waals surface area contributed by atoms with Gasteiger partial charge in [-0.05, 0) is 6.92 Å². The second-order valence-corrected chi connectivity index (χ2v) is 2.64. The van der Waals surface area contributed by atoms with Crippen LogP contribution in [0.1, 0.15) is 6.92 Å². The van der Waals surface area contributed by atoms with Gasteiger partial charge in [0, 0.05) is 0 Å². The molecule has 0 aromatic carbocycles. The first-order valence-electron chi connectivity index (χ1n) is 3.64. The molecule has 0 aromatic rings. The van der Waals surface area contributed by atoms with Gasteiger partial charge < -0.3 is 9.47 Å². The normalized spacial score (nSPS) is 28.3. The summed E-state index contributed by atoms with van der Waals surface area (Å²) in [4.78, 5) is 21.4. The van der Waals surface area contributed by atoms with E-state index in [0.717, 1.165) is 0 Å². The second kappa shape index (κ2) is 3.52. The zero-order valence-electron chi connectivity index (χ0n) is 6.99. The Hall–Kier alpha value is -1.12. The lowest BCUT2D eigenvalue weighted by atomic mass is 9.99. The highest BCUT2D eigenvalue weighted by Gasteiger charge is 2.37. The van der Waals surface area contributed by atoms with E-state index in [2.05, 4.69) is 4.74 Å². The third kappa shape index (κ3) is 1.40. The van der Waals surface area contributed by atoms with Crippen LogP contribution in [0.5, 0.6) is 0 Å². The van der Waals surface area contributed by atoms with Gasteiger partial charge in [-0.1, -0.05) is 0 Å². The summed E-state index contributed by atoms with van der Waals surface area (Å²) in [6.45, 7) is 1.91. The predicted octanol–water partition coefficient (Wildman–Crippen LogP) is -0.0477. The number of carbonyl (C=O) groups excluding carboxylic acids is 2. The molecule has 2 unspecified atom stereocenters. The van der Waals surface area contributed by atoms with E-state index in [9.17, 15) is 9.59 Å². The van der Waals surface area contributed by atoms with Crippen LogP contribution in [0.3, 0.4) is 0 Å². The third-order valence-electron chi connectivity index (χ3n) is 1.93. The van der Waals surface area contributed by atoms with Crippen LogP contribution in [0, 0.1) is 5.92 Å². The Bertz CT molecular complexity index is 239. The summed E-state index contributed by atoms with van der Waals surface area (Å²) in [5.41, 5.74) is 0.342. The molecule has 4 heteroatoms. The van der Waals surface area contributed by atoms with Gasteiger partial charge in [-0.25, -0.2) is 4.79 Å². The molecule has 0 saturated carbocycles. The van der Waals surface area contributed by atoms with Crippen LogP contribution in [-0.2, 0) is 19.1 Å². The highest BCUT2D eigenvalue weighted by molar-refractivity contribution is 5.80. The molecule has 1 aliphatic heterocycles. The predicted molar refractivity (Wildman–Crippen MR) is 40.1 cm³/mol. The highest BCUT2D eigenvalue weighted by atomic mass is 16.5. The number of rotatable bonds is 1. The number of hydrogen-bond acceptors (Lipinski definition) is 4. The SMILES string of the molecule is COC(=O)C1C(=C=O)COC1C. The van der Waals surface area contributed by atoms with Crippen molar-refractivity contribution < 1.29 is 19.1 Å². The van der Waals surface area contributed by atoms with Gasteiger partial charge in [-0.3, -0.25) is 4.79 Å². The minimum atomic E-state index is -0.563. The summed E-state index contributed by atoms with van der Waals surface area (Å²) in [7, 11) is 1.29. The Morgan fingerprint density at radius 3 is 2.92 bits per heavy atom. The zero-order valence-corrected chi connectivity index (χ0v) is 6.99. The van der Waals surface area contributed by atoms with Crippen LogP contribution in [0.15, 0.2) is 5.57 Å². The molecule has 12 heavy (non-hydrogen) atoms. The molecule has 4 nitrogen and oxygen atoms in total. The Labute approximate surface area is 70.1 Å². The molecular formula is C8H10O4. The molecule has 1 heterocycles. The number of carbonyl (C=O) groups is 1. The van der Waals surface area contributed by atoms with Crippen LogP contribution in [0.4, 0.5) is 0 Å². The first kappa shape index (κ1) is 8.97. The largest absolute Gasteiger partial charge is 0.468 e. The lowest BCUT2D eigenvalue weighted by molar-refractivity contribution is -0.145. The molecule has 0 bridgehead atoms. The van der Waals surface area contributed by atoms with Gasteiger partial charge in [0.25, 0.3) is 0 Å². The quantitative estimate of drug-likeness (QED) is 0.409. The van der Waals surface area contributed by atoms with E-state index in [1.807, 2.05) is 0 Å². The molecule has 0 amide bonds. The highest BCUT2D eigenvalue weighted by Crippen LogP contribution is 2.25. The van der Waals surface area contributed by atoms with E-state index >= 15 is 0 Å².